The van der Waals surface area contributed by atoms with Crippen LogP contribution < -0.4 is 5.32 Å². The van der Waals surface area contributed by atoms with Crippen LogP contribution in [0.1, 0.15) is 17.7 Å². The first kappa shape index (κ1) is 11.2. The van der Waals surface area contributed by atoms with Crippen molar-refractivity contribution in [1.29, 1.82) is 0 Å². The summed E-state index contributed by atoms with van der Waals surface area (Å²) in [6, 6.07) is 4.27. The van der Waals surface area contributed by atoms with Crippen LogP contribution in [0.4, 0.5) is 0 Å². The molecule has 0 bridgehead atoms. The van der Waals surface area contributed by atoms with E-state index in [1.54, 1.807) is 0 Å². The predicted octanol–water partition coefficient (Wildman–Crippen LogP) is 3.44. The Morgan fingerprint density at radius 1 is 1.33 bits per heavy atom. The number of thioether (sulfide) groups is 1. The Labute approximate surface area is 116 Å². The van der Waals surface area contributed by atoms with Crippen molar-refractivity contribution in [2.45, 2.75) is 30.8 Å². The fraction of sp³-hybridized carbons (Fsp3) is 0.429. The third kappa shape index (κ3) is 1.47. The highest BCUT2D eigenvalue weighted by Gasteiger charge is 2.24. The summed E-state index contributed by atoms with van der Waals surface area (Å²) in [5, 5.41) is 5.81. The van der Waals surface area contributed by atoms with Crippen molar-refractivity contribution in [3.8, 4) is 0 Å². The molecular formula is C14H15ClN2S. The van der Waals surface area contributed by atoms with Gasteiger partial charge in [-0.15, -0.1) is 11.8 Å². The Kier molecular flexibility index (Phi) is 2.61. The van der Waals surface area contributed by atoms with Gasteiger partial charge in [0.05, 0.1) is 15.4 Å². The predicted molar refractivity (Wildman–Crippen MR) is 77.7 cm³/mol. The molecule has 1 N–H and O–H groups in total. The van der Waals surface area contributed by atoms with Crippen molar-refractivity contribution in [1.82, 2.24) is 9.88 Å². The molecule has 4 heteroatoms. The molecule has 0 unspecified atom stereocenters. The van der Waals surface area contributed by atoms with Gasteiger partial charge in [0, 0.05) is 37.1 Å². The van der Waals surface area contributed by atoms with Gasteiger partial charge in [-0.2, -0.15) is 0 Å². The zero-order valence-corrected chi connectivity index (χ0v) is 11.7. The van der Waals surface area contributed by atoms with Crippen LogP contribution in [0.5, 0.6) is 0 Å². The van der Waals surface area contributed by atoms with Crippen molar-refractivity contribution in [2.75, 3.05) is 12.3 Å². The van der Waals surface area contributed by atoms with Gasteiger partial charge in [0.15, 0.2) is 0 Å². The highest BCUT2D eigenvalue weighted by molar-refractivity contribution is 7.99. The number of hydrogen-bond acceptors (Lipinski definition) is 2. The van der Waals surface area contributed by atoms with Gasteiger partial charge in [0.25, 0.3) is 0 Å². The van der Waals surface area contributed by atoms with E-state index in [9.17, 15) is 0 Å². The average molecular weight is 279 g/mol. The van der Waals surface area contributed by atoms with E-state index < -0.39 is 0 Å². The maximum Gasteiger partial charge on any atom is 0.0639 e. The Hall–Kier alpha value is -0.640. The Bertz CT molecular complexity index is 632. The molecule has 0 spiro atoms. The summed E-state index contributed by atoms with van der Waals surface area (Å²) in [5.41, 5.74) is 4.42. The van der Waals surface area contributed by atoms with Gasteiger partial charge >= 0.3 is 0 Å². The van der Waals surface area contributed by atoms with Gasteiger partial charge < -0.3 is 9.88 Å². The van der Waals surface area contributed by atoms with E-state index in [1.807, 2.05) is 11.8 Å². The van der Waals surface area contributed by atoms with E-state index in [2.05, 4.69) is 22.0 Å². The molecule has 0 fully saturated rings. The number of rotatable bonds is 0. The Morgan fingerprint density at radius 2 is 2.28 bits per heavy atom. The second-order valence-electron chi connectivity index (χ2n) is 4.98. The third-order valence-electron chi connectivity index (χ3n) is 3.97. The number of fused-ring (bicyclic) bond motifs is 3. The maximum atomic E-state index is 6.40. The standard InChI is InChI=1S/C14H15ClN2S/c15-11-3-2-9-10-8-16-5-4-12(10)17-6-1-7-18-14(11)13(9)17/h2-3,16H,1,4-8H2. The molecule has 2 nitrogen and oxygen atoms in total. The fourth-order valence-corrected chi connectivity index (χ4v) is 4.55. The Morgan fingerprint density at radius 3 is 3.22 bits per heavy atom. The third-order valence-corrected chi connectivity index (χ3v) is 5.59. The molecule has 2 aliphatic heterocycles. The lowest BCUT2D eigenvalue weighted by atomic mass is 10.1. The zero-order valence-electron chi connectivity index (χ0n) is 10.1. The van der Waals surface area contributed by atoms with Gasteiger partial charge in [-0.3, -0.25) is 0 Å². The van der Waals surface area contributed by atoms with Gasteiger partial charge in [-0.05, 0) is 23.8 Å². The maximum absolute atomic E-state index is 6.40. The summed E-state index contributed by atoms with van der Waals surface area (Å²) >= 11 is 8.31. The van der Waals surface area contributed by atoms with Crippen LogP contribution in [0.2, 0.25) is 5.02 Å². The first-order valence-corrected chi connectivity index (χ1v) is 7.88. The van der Waals surface area contributed by atoms with E-state index in [-0.39, 0.29) is 0 Å². The van der Waals surface area contributed by atoms with Crippen LogP contribution in [-0.4, -0.2) is 16.9 Å². The molecule has 0 aliphatic carbocycles. The molecule has 94 valence electrons. The Balaban J connectivity index is 2.13. The second kappa shape index (κ2) is 4.19. The highest BCUT2D eigenvalue weighted by atomic mass is 35.5. The monoisotopic (exact) mass is 278 g/mol. The van der Waals surface area contributed by atoms with Crippen molar-refractivity contribution in [3.63, 3.8) is 0 Å². The van der Waals surface area contributed by atoms with E-state index in [0.29, 0.717) is 0 Å². The molecule has 3 heterocycles. The fourth-order valence-electron chi connectivity index (χ4n) is 3.20. The van der Waals surface area contributed by atoms with E-state index in [4.69, 9.17) is 11.6 Å². The van der Waals surface area contributed by atoms with E-state index >= 15 is 0 Å². The minimum absolute atomic E-state index is 0.915. The first-order valence-electron chi connectivity index (χ1n) is 6.52. The van der Waals surface area contributed by atoms with Crippen LogP contribution in [0.3, 0.4) is 0 Å². The summed E-state index contributed by atoms with van der Waals surface area (Å²) in [5.74, 6) is 1.17. The molecule has 2 aliphatic rings. The number of nitrogens with one attached hydrogen (secondary N) is 1. The average Bonchev–Trinajstić information content (AvgIpc) is 2.57. The van der Waals surface area contributed by atoms with Crippen molar-refractivity contribution >= 4 is 34.3 Å². The number of aryl methyl sites for hydroxylation is 1. The minimum atomic E-state index is 0.915. The normalized spacial score (nSPS) is 18.7. The SMILES string of the molecule is Clc1ccc2c3c(n4c2c1SCCC4)CCNC3. The topological polar surface area (TPSA) is 17.0 Å². The number of halogens is 1. The van der Waals surface area contributed by atoms with E-state index in [1.165, 1.54) is 39.2 Å². The quantitative estimate of drug-likeness (QED) is 0.795. The molecular weight excluding hydrogens is 264 g/mol. The molecule has 0 saturated heterocycles. The zero-order chi connectivity index (χ0) is 12.1. The van der Waals surface area contributed by atoms with Crippen LogP contribution >= 0.6 is 23.4 Å². The number of aromatic nitrogens is 1. The molecule has 4 rings (SSSR count). The summed E-state index contributed by atoms with van der Waals surface area (Å²) in [7, 11) is 0. The van der Waals surface area contributed by atoms with Gasteiger partial charge in [0.1, 0.15) is 0 Å². The molecule has 2 aromatic rings. The lowest BCUT2D eigenvalue weighted by molar-refractivity contribution is 0.592. The summed E-state index contributed by atoms with van der Waals surface area (Å²) in [4.78, 5) is 1.29. The summed E-state index contributed by atoms with van der Waals surface area (Å²) in [6.07, 6.45) is 2.38. The largest absolute Gasteiger partial charge is 0.343 e. The van der Waals surface area contributed by atoms with Crippen molar-refractivity contribution < 1.29 is 0 Å². The number of hydrogen-bond donors (Lipinski definition) is 1. The van der Waals surface area contributed by atoms with Gasteiger partial charge in [0.2, 0.25) is 0 Å². The van der Waals surface area contributed by atoms with Gasteiger partial charge in [-0.1, -0.05) is 17.7 Å². The highest BCUT2D eigenvalue weighted by Crippen LogP contribution is 2.41. The number of nitrogens with zero attached hydrogens (tertiary/aromatic N) is 1. The molecule has 0 atom stereocenters. The smallest absolute Gasteiger partial charge is 0.0639 e. The molecule has 0 amide bonds. The lowest BCUT2D eigenvalue weighted by Gasteiger charge is -2.16. The summed E-state index contributed by atoms with van der Waals surface area (Å²) < 4.78 is 2.53. The molecule has 1 aromatic heterocycles. The molecule has 18 heavy (non-hydrogen) atoms. The van der Waals surface area contributed by atoms with Crippen LogP contribution in [-0.2, 0) is 19.5 Å². The van der Waals surface area contributed by atoms with Gasteiger partial charge in [-0.25, -0.2) is 0 Å². The van der Waals surface area contributed by atoms with Crippen molar-refractivity contribution in [2.24, 2.45) is 0 Å². The minimum Gasteiger partial charge on any atom is -0.343 e. The van der Waals surface area contributed by atoms with Crippen molar-refractivity contribution in [3.05, 3.63) is 28.4 Å². The molecule has 0 saturated carbocycles. The summed E-state index contributed by atoms with van der Waals surface area (Å²) in [6.45, 7) is 3.25. The van der Waals surface area contributed by atoms with Crippen LogP contribution in [0.15, 0.2) is 17.0 Å². The van der Waals surface area contributed by atoms with Crippen LogP contribution in [0.25, 0.3) is 10.9 Å². The first-order chi connectivity index (χ1) is 8.86. The number of benzene rings is 1. The molecule has 0 radical (unpaired) electrons. The van der Waals surface area contributed by atoms with Crippen LogP contribution in [0, 0.1) is 0 Å². The molecule has 1 aromatic carbocycles. The second-order valence-corrected chi connectivity index (χ2v) is 6.49. The lowest BCUT2D eigenvalue weighted by Crippen LogP contribution is -2.24. The van der Waals surface area contributed by atoms with E-state index in [0.717, 1.165) is 31.1 Å².